The first-order valence-electron chi connectivity index (χ1n) is 8.96. The van der Waals surface area contributed by atoms with Crippen molar-refractivity contribution < 1.29 is 23.1 Å². The molecule has 1 N–H and O–H groups in total. The second-order valence-electron chi connectivity index (χ2n) is 6.99. The molecule has 5 rings (SSSR count). The number of allylic oxidation sites excluding steroid dienone is 1. The number of halogens is 3. The van der Waals surface area contributed by atoms with E-state index in [-0.39, 0.29) is 11.6 Å². The van der Waals surface area contributed by atoms with Gasteiger partial charge < -0.3 is 5.11 Å². The molecule has 0 saturated heterocycles. The Bertz CT molecular complexity index is 1410. The summed E-state index contributed by atoms with van der Waals surface area (Å²) < 4.78 is 37.9. The highest BCUT2D eigenvalue weighted by molar-refractivity contribution is 6.33. The lowest BCUT2D eigenvalue weighted by molar-refractivity contribution is -0.165. The van der Waals surface area contributed by atoms with Crippen molar-refractivity contribution in [1.82, 2.24) is 0 Å². The van der Waals surface area contributed by atoms with Crippen molar-refractivity contribution in [2.45, 2.75) is 6.18 Å². The minimum absolute atomic E-state index is 0.190. The predicted molar refractivity (Wildman–Crippen MR) is 109 cm³/mol. The number of hydrogen-bond acceptors (Lipinski definition) is 2. The molecule has 0 radical (unpaired) electrons. The molecule has 0 saturated carbocycles. The quantitative estimate of drug-likeness (QED) is 0.156. The molecule has 5 aromatic rings. The minimum Gasteiger partial charge on any atom is -0.507 e. The third-order valence-corrected chi connectivity index (χ3v) is 5.35. The standard InChI is InChI=1S/C24H13F3O2/c25-24(26,27)21(29)12-20(28)14-10-11-19-17-7-2-5-13-4-1-6-16(22(13)17)18-9-3-8-15(14)23(18)19/h1-12,28H/b20-12-. The van der Waals surface area contributed by atoms with Crippen LogP contribution in [0.1, 0.15) is 5.56 Å². The van der Waals surface area contributed by atoms with Crippen LogP contribution in [0.5, 0.6) is 0 Å². The second-order valence-corrected chi connectivity index (χ2v) is 6.99. The van der Waals surface area contributed by atoms with Gasteiger partial charge in [-0.05, 0) is 43.1 Å². The first-order chi connectivity index (χ1) is 13.9. The summed E-state index contributed by atoms with van der Waals surface area (Å²) in [4.78, 5) is 11.3. The van der Waals surface area contributed by atoms with Gasteiger partial charge in [-0.2, -0.15) is 13.2 Å². The lowest BCUT2D eigenvalue weighted by Crippen LogP contribution is -2.20. The molecule has 0 atom stereocenters. The highest BCUT2D eigenvalue weighted by Crippen LogP contribution is 2.41. The lowest BCUT2D eigenvalue weighted by Gasteiger charge is -2.16. The summed E-state index contributed by atoms with van der Waals surface area (Å²) in [6, 6.07) is 20.9. The molecule has 0 aliphatic heterocycles. The van der Waals surface area contributed by atoms with Crippen LogP contribution in [-0.4, -0.2) is 17.1 Å². The molecule has 0 heterocycles. The Kier molecular flexibility index (Phi) is 3.59. The molecule has 5 heteroatoms. The van der Waals surface area contributed by atoms with Gasteiger partial charge in [0, 0.05) is 11.6 Å². The van der Waals surface area contributed by atoms with E-state index in [2.05, 4.69) is 0 Å². The van der Waals surface area contributed by atoms with Crippen LogP contribution in [0.3, 0.4) is 0 Å². The van der Waals surface area contributed by atoms with E-state index >= 15 is 0 Å². The van der Waals surface area contributed by atoms with E-state index in [1.807, 2.05) is 42.5 Å². The molecule has 0 amide bonds. The van der Waals surface area contributed by atoms with Crippen LogP contribution in [0, 0.1) is 0 Å². The van der Waals surface area contributed by atoms with Crippen molar-refractivity contribution in [3.8, 4) is 0 Å². The molecule has 0 bridgehead atoms. The topological polar surface area (TPSA) is 37.3 Å². The van der Waals surface area contributed by atoms with E-state index in [1.165, 1.54) is 0 Å². The first kappa shape index (κ1) is 17.5. The van der Waals surface area contributed by atoms with Crippen LogP contribution >= 0.6 is 0 Å². The van der Waals surface area contributed by atoms with E-state index in [9.17, 15) is 23.1 Å². The average Bonchev–Trinajstić information content (AvgIpc) is 2.70. The number of carbonyl (C=O) groups is 1. The van der Waals surface area contributed by atoms with Gasteiger partial charge in [-0.3, -0.25) is 4.79 Å². The van der Waals surface area contributed by atoms with Gasteiger partial charge in [-0.1, -0.05) is 66.7 Å². The number of benzene rings is 5. The van der Waals surface area contributed by atoms with Gasteiger partial charge in [0.15, 0.2) is 0 Å². The predicted octanol–water partition coefficient (Wildman–Crippen LogP) is 6.77. The Morgan fingerprint density at radius 1 is 0.724 bits per heavy atom. The van der Waals surface area contributed by atoms with Crippen LogP contribution < -0.4 is 0 Å². The highest BCUT2D eigenvalue weighted by atomic mass is 19.4. The molecule has 29 heavy (non-hydrogen) atoms. The molecule has 5 aromatic carbocycles. The molecule has 142 valence electrons. The van der Waals surface area contributed by atoms with E-state index in [4.69, 9.17) is 0 Å². The summed E-state index contributed by atoms with van der Waals surface area (Å²) in [7, 11) is 0. The van der Waals surface area contributed by atoms with Crippen molar-refractivity contribution in [2.75, 3.05) is 0 Å². The number of ketones is 1. The molecule has 0 unspecified atom stereocenters. The molecular formula is C24H13F3O2. The minimum atomic E-state index is -5.03. The first-order valence-corrected chi connectivity index (χ1v) is 8.96. The van der Waals surface area contributed by atoms with Crippen LogP contribution in [-0.2, 0) is 4.79 Å². The summed E-state index contributed by atoms with van der Waals surface area (Å²) in [5, 5.41) is 17.9. The van der Waals surface area contributed by atoms with E-state index < -0.39 is 17.7 Å². The van der Waals surface area contributed by atoms with Gasteiger partial charge in [0.1, 0.15) is 5.76 Å². The second kappa shape index (κ2) is 5.95. The number of hydrogen-bond donors (Lipinski definition) is 1. The summed E-state index contributed by atoms with van der Waals surface area (Å²) in [6.07, 6.45) is -4.80. The molecular weight excluding hydrogens is 377 g/mol. The zero-order valence-corrected chi connectivity index (χ0v) is 14.9. The number of aliphatic hydroxyl groups excluding tert-OH is 1. The smallest absolute Gasteiger partial charge is 0.454 e. The number of aliphatic hydroxyl groups is 1. The average molecular weight is 390 g/mol. The van der Waals surface area contributed by atoms with Gasteiger partial charge in [-0.15, -0.1) is 0 Å². The van der Waals surface area contributed by atoms with Gasteiger partial charge >= 0.3 is 6.18 Å². The van der Waals surface area contributed by atoms with Gasteiger partial charge in [0.2, 0.25) is 0 Å². The number of carbonyl (C=O) groups excluding carboxylic acids is 1. The fourth-order valence-corrected chi connectivity index (χ4v) is 4.15. The Hall–Kier alpha value is -3.60. The molecule has 0 aliphatic carbocycles. The van der Waals surface area contributed by atoms with Gasteiger partial charge in [0.05, 0.1) is 0 Å². The fourth-order valence-electron chi connectivity index (χ4n) is 4.15. The van der Waals surface area contributed by atoms with Crippen LogP contribution in [0.2, 0.25) is 0 Å². The van der Waals surface area contributed by atoms with Crippen LogP contribution in [0.4, 0.5) is 13.2 Å². The highest BCUT2D eigenvalue weighted by Gasteiger charge is 2.37. The van der Waals surface area contributed by atoms with E-state index in [1.54, 1.807) is 24.3 Å². The molecule has 0 fully saturated rings. The zero-order valence-electron chi connectivity index (χ0n) is 14.9. The van der Waals surface area contributed by atoms with Crippen LogP contribution in [0.25, 0.3) is 48.8 Å². The molecule has 0 spiro atoms. The van der Waals surface area contributed by atoms with Crippen molar-refractivity contribution in [3.05, 3.63) is 78.4 Å². The summed E-state index contributed by atoms with van der Waals surface area (Å²) in [5.41, 5.74) is 0.190. The third kappa shape index (κ3) is 2.54. The summed E-state index contributed by atoms with van der Waals surface area (Å²) in [6.45, 7) is 0. The molecule has 2 nitrogen and oxygen atoms in total. The fraction of sp³-hybridized carbons (Fsp3) is 0.0417. The summed E-state index contributed by atoms with van der Waals surface area (Å²) >= 11 is 0. The Morgan fingerprint density at radius 3 is 1.86 bits per heavy atom. The van der Waals surface area contributed by atoms with Crippen molar-refractivity contribution in [3.63, 3.8) is 0 Å². The number of alkyl halides is 3. The normalized spacial score (nSPS) is 13.1. The SMILES string of the molecule is O=C(/C=C(\O)c1ccc2c3cccc4cccc(c5cccc1c52)c43)C(F)(F)F. The largest absolute Gasteiger partial charge is 0.507 e. The number of rotatable bonds is 2. The van der Waals surface area contributed by atoms with E-state index in [0.29, 0.717) is 5.39 Å². The monoisotopic (exact) mass is 390 g/mol. The third-order valence-electron chi connectivity index (χ3n) is 5.35. The maximum Gasteiger partial charge on any atom is 0.454 e. The maximum absolute atomic E-state index is 12.6. The zero-order chi connectivity index (χ0) is 20.3. The van der Waals surface area contributed by atoms with E-state index in [0.717, 1.165) is 37.7 Å². The van der Waals surface area contributed by atoms with Crippen molar-refractivity contribution in [1.29, 1.82) is 0 Å². The Balaban J connectivity index is 1.90. The molecule has 0 aromatic heterocycles. The van der Waals surface area contributed by atoms with Crippen molar-refractivity contribution >= 4 is 54.6 Å². The van der Waals surface area contributed by atoms with Gasteiger partial charge in [0.25, 0.3) is 5.78 Å². The maximum atomic E-state index is 12.6. The lowest BCUT2D eigenvalue weighted by atomic mass is 9.88. The Labute approximate surface area is 162 Å². The summed E-state index contributed by atoms with van der Waals surface area (Å²) in [5.74, 6) is -2.79. The Morgan fingerprint density at radius 2 is 1.24 bits per heavy atom. The molecule has 0 aliphatic rings. The van der Waals surface area contributed by atoms with Gasteiger partial charge in [-0.25, -0.2) is 0 Å². The number of fused-ring (bicyclic) bond motifs is 2. The van der Waals surface area contributed by atoms with Crippen LogP contribution in [0.15, 0.2) is 72.8 Å². The van der Waals surface area contributed by atoms with Crippen molar-refractivity contribution in [2.24, 2.45) is 0 Å².